The first-order valence-electron chi connectivity index (χ1n) is 6.66. The van der Waals surface area contributed by atoms with Crippen molar-refractivity contribution in [1.29, 1.82) is 5.26 Å². The Morgan fingerprint density at radius 2 is 2.10 bits per heavy atom. The first-order valence-corrected chi connectivity index (χ1v) is 6.66. The number of anilines is 1. The van der Waals surface area contributed by atoms with Crippen LogP contribution in [0, 0.1) is 17.2 Å². The van der Waals surface area contributed by atoms with Crippen LogP contribution >= 0.6 is 0 Å². The molecule has 1 aliphatic heterocycles. The smallest absolute Gasteiger partial charge is 0.376 e. The number of pyridine rings is 1. The van der Waals surface area contributed by atoms with Gasteiger partial charge in [-0.1, -0.05) is 0 Å². The third kappa shape index (κ3) is 3.89. The van der Waals surface area contributed by atoms with Crippen molar-refractivity contribution in [3.05, 3.63) is 30.0 Å². The maximum absolute atomic E-state index is 10.9. The number of carboxylic acids is 1. The average molecular weight is 285 g/mol. The van der Waals surface area contributed by atoms with Gasteiger partial charge in [0.2, 0.25) is 0 Å². The van der Waals surface area contributed by atoms with Crippen LogP contribution in [0.25, 0.3) is 6.08 Å². The number of piperidine rings is 1. The minimum Gasteiger partial charge on any atom is -0.475 e. The van der Waals surface area contributed by atoms with Crippen molar-refractivity contribution in [1.82, 2.24) is 4.98 Å². The van der Waals surface area contributed by atoms with E-state index in [9.17, 15) is 9.59 Å². The third-order valence-corrected chi connectivity index (χ3v) is 3.41. The monoisotopic (exact) mass is 285 g/mol. The van der Waals surface area contributed by atoms with E-state index in [1.165, 1.54) is 6.08 Å². The Kier molecular flexibility index (Phi) is 4.67. The Hall–Kier alpha value is -2.68. The van der Waals surface area contributed by atoms with Crippen molar-refractivity contribution >= 4 is 23.6 Å². The van der Waals surface area contributed by atoms with Gasteiger partial charge in [-0.15, -0.1) is 0 Å². The van der Waals surface area contributed by atoms with E-state index in [2.05, 4.69) is 16.0 Å². The van der Waals surface area contributed by atoms with Crippen molar-refractivity contribution in [2.75, 3.05) is 18.0 Å². The molecule has 0 spiro atoms. The van der Waals surface area contributed by atoms with Crippen LogP contribution in [0.5, 0.6) is 0 Å². The molecule has 2 heterocycles. The molecule has 1 aromatic rings. The molecule has 6 nitrogen and oxygen atoms in total. The molecule has 1 aromatic heterocycles. The van der Waals surface area contributed by atoms with Crippen LogP contribution in [0.15, 0.2) is 24.4 Å². The molecule has 0 aromatic carbocycles. The van der Waals surface area contributed by atoms with Crippen LogP contribution in [0.3, 0.4) is 0 Å². The average Bonchev–Trinajstić information content (AvgIpc) is 2.53. The number of carbonyl (C=O) groups is 2. The quantitative estimate of drug-likeness (QED) is 0.665. The van der Waals surface area contributed by atoms with E-state index in [0.29, 0.717) is 5.56 Å². The number of nitrogens with zero attached hydrogens (tertiary/aromatic N) is 3. The second kappa shape index (κ2) is 6.66. The van der Waals surface area contributed by atoms with Crippen molar-refractivity contribution in [3.63, 3.8) is 0 Å². The standard InChI is InChI=1S/C15H15N3O3/c16-9-11-5-7-18(8-6-11)14-4-2-12(10-17-14)1-3-13(19)15(20)21/h1-4,10-11H,5-8H2,(H,20,21). The molecule has 0 saturated carbocycles. The highest BCUT2D eigenvalue weighted by Gasteiger charge is 2.19. The molecule has 1 saturated heterocycles. The number of carboxylic acid groups (broad SMARTS) is 1. The second-order valence-corrected chi connectivity index (χ2v) is 4.84. The van der Waals surface area contributed by atoms with Gasteiger partial charge < -0.3 is 10.0 Å². The van der Waals surface area contributed by atoms with Crippen LogP contribution in [0.1, 0.15) is 18.4 Å². The summed E-state index contributed by atoms with van der Waals surface area (Å²) in [6.07, 6.45) is 5.71. The predicted molar refractivity (Wildman–Crippen MR) is 76.5 cm³/mol. The Balaban J connectivity index is 1.98. The number of nitriles is 1. The van der Waals surface area contributed by atoms with Crippen molar-refractivity contribution in [3.8, 4) is 6.07 Å². The number of carbonyl (C=O) groups excluding carboxylic acids is 1. The van der Waals surface area contributed by atoms with Crippen LogP contribution < -0.4 is 4.90 Å². The molecule has 2 rings (SSSR count). The molecule has 1 N–H and O–H groups in total. The van der Waals surface area contributed by atoms with E-state index in [4.69, 9.17) is 10.4 Å². The summed E-state index contributed by atoms with van der Waals surface area (Å²) in [5.41, 5.74) is 0.667. The van der Waals surface area contributed by atoms with Crippen molar-refractivity contribution in [2.24, 2.45) is 5.92 Å². The number of ketones is 1. The molecule has 6 heteroatoms. The molecular weight excluding hydrogens is 270 g/mol. The lowest BCUT2D eigenvalue weighted by atomic mass is 9.99. The van der Waals surface area contributed by atoms with Gasteiger partial charge in [-0.05, 0) is 42.7 Å². The summed E-state index contributed by atoms with van der Waals surface area (Å²) in [5.74, 6) is -1.48. The van der Waals surface area contributed by atoms with Gasteiger partial charge in [-0.25, -0.2) is 9.78 Å². The lowest BCUT2D eigenvalue weighted by Gasteiger charge is -2.30. The van der Waals surface area contributed by atoms with Gasteiger partial charge in [-0.3, -0.25) is 4.79 Å². The molecule has 21 heavy (non-hydrogen) atoms. The molecular formula is C15H15N3O3. The molecule has 0 bridgehead atoms. The number of aromatic nitrogens is 1. The second-order valence-electron chi connectivity index (χ2n) is 4.84. The fraction of sp³-hybridized carbons (Fsp3) is 0.333. The highest BCUT2D eigenvalue weighted by Crippen LogP contribution is 2.21. The summed E-state index contributed by atoms with van der Waals surface area (Å²) in [6.45, 7) is 1.61. The van der Waals surface area contributed by atoms with Crippen LogP contribution in [0.2, 0.25) is 0 Å². The van der Waals surface area contributed by atoms with E-state index >= 15 is 0 Å². The van der Waals surface area contributed by atoms with Crippen LogP contribution in [-0.2, 0) is 9.59 Å². The van der Waals surface area contributed by atoms with E-state index in [0.717, 1.165) is 37.8 Å². The summed E-state index contributed by atoms with van der Waals surface area (Å²) in [7, 11) is 0. The predicted octanol–water partition coefficient (Wildman–Crippen LogP) is 1.49. The highest BCUT2D eigenvalue weighted by molar-refractivity contribution is 6.38. The molecule has 0 unspecified atom stereocenters. The normalized spacial score (nSPS) is 15.9. The Bertz CT molecular complexity index is 594. The Morgan fingerprint density at radius 1 is 1.38 bits per heavy atom. The maximum Gasteiger partial charge on any atom is 0.376 e. The van der Waals surface area contributed by atoms with Crippen LogP contribution in [0.4, 0.5) is 5.82 Å². The lowest BCUT2D eigenvalue weighted by molar-refractivity contribution is -0.146. The van der Waals surface area contributed by atoms with Gasteiger partial charge >= 0.3 is 5.97 Å². The molecule has 1 fully saturated rings. The minimum absolute atomic E-state index is 0.130. The Morgan fingerprint density at radius 3 is 2.62 bits per heavy atom. The molecule has 1 aliphatic rings. The Labute approximate surface area is 122 Å². The molecule has 108 valence electrons. The summed E-state index contributed by atoms with van der Waals surface area (Å²) < 4.78 is 0. The van der Waals surface area contributed by atoms with Crippen molar-refractivity contribution < 1.29 is 14.7 Å². The highest BCUT2D eigenvalue weighted by atomic mass is 16.4. The van der Waals surface area contributed by atoms with E-state index in [1.807, 2.05) is 6.07 Å². The first kappa shape index (κ1) is 14.7. The minimum atomic E-state index is -1.48. The summed E-state index contributed by atoms with van der Waals surface area (Å²) in [4.78, 5) is 27.8. The topological polar surface area (TPSA) is 94.3 Å². The zero-order valence-electron chi connectivity index (χ0n) is 11.4. The third-order valence-electron chi connectivity index (χ3n) is 3.41. The van der Waals surface area contributed by atoms with E-state index in [-0.39, 0.29) is 5.92 Å². The zero-order chi connectivity index (χ0) is 15.2. The summed E-state index contributed by atoms with van der Waals surface area (Å²) in [5, 5.41) is 17.3. The number of aliphatic carboxylic acids is 1. The molecule has 0 aliphatic carbocycles. The molecule has 0 radical (unpaired) electrons. The van der Waals surface area contributed by atoms with Gasteiger partial charge in [0, 0.05) is 25.2 Å². The summed E-state index contributed by atoms with van der Waals surface area (Å²) >= 11 is 0. The first-order chi connectivity index (χ1) is 10.1. The zero-order valence-corrected chi connectivity index (χ0v) is 11.4. The fourth-order valence-corrected chi connectivity index (χ4v) is 2.16. The fourth-order valence-electron chi connectivity index (χ4n) is 2.16. The summed E-state index contributed by atoms with van der Waals surface area (Å²) in [6, 6.07) is 5.90. The van der Waals surface area contributed by atoms with Gasteiger partial charge in [0.25, 0.3) is 5.78 Å². The van der Waals surface area contributed by atoms with Crippen LogP contribution in [-0.4, -0.2) is 34.9 Å². The number of rotatable bonds is 4. The van der Waals surface area contributed by atoms with Gasteiger partial charge in [0.15, 0.2) is 0 Å². The SMILES string of the molecule is N#CC1CCN(c2ccc(C=CC(=O)C(=O)O)cn2)CC1. The van der Waals surface area contributed by atoms with Gasteiger partial charge in [0.1, 0.15) is 5.82 Å². The molecule has 0 amide bonds. The number of hydrogen-bond donors (Lipinski definition) is 1. The van der Waals surface area contributed by atoms with Crippen molar-refractivity contribution in [2.45, 2.75) is 12.8 Å². The lowest BCUT2D eigenvalue weighted by Crippen LogP contribution is -2.33. The number of hydrogen-bond acceptors (Lipinski definition) is 5. The van der Waals surface area contributed by atoms with E-state index < -0.39 is 11.8 Å². The largest absolute Gasteiger partial charge is 0.475 e. The maximum atomic E-state index is 10.9. The van der Waals surface area contributed by atoms with Gasteiger partial charge in [0.05, 0.1) is 6.07 Å². The van der Waals surface area contributed by atoms with Gasteiger partial charge in [-0.2, -0.15) is 5.26 Å². The molecule has 0 atom stereocenters. The van der Waals surface area contributed by atoms with E-state index in [1.54, 1.807) is 12.3 Å².